The van der Waals surface area contributed by atoms with E-state index < -0.39 is 17.7 Å². The Morgan fingerprint density at radius 3 is 2.57 bits per heavy atom. The zero-order chi connectivity index (χ0) is 20.4. The maximum Gasteiger partial charge on any atom is 0.327 e. The lowest BCUT2D eigenvalue weighted by atomic mass is 10.2. The average Bonchev–Trinajstić information content (AvgIpc) is 3.23. The Kier molecular flexibility index (Phi) is 7.89. The van der Waals surface area contributed by atoms with Gasteiger partial charge in [0.25, 0.3) is 5.91 Å². The number of rotatable bonds is 8. The second-order valence-electron chi connectivity index (χ2n) is 5.74. The smallest absolute Gasteiger partial charge is 0.327 e. The number of carbonyl (C=O) groups is 3. The molecule has 3 amide bonds. The predicted octanol–water partition coefficient (Wildman–Crippen LogP) is 1.54. The number of benzene rings is 1. The first-order valence-corrected chi connectivity index (χ1v) is 8.76. The van der Waals surface area contributed by atoms with Gasteiger partial charge in [-0.3, -0.25) is 25.2 Å². The van der Waals surface area contributed by atoms with E-state index in [1.165, 1.54) is 25.5 Å². The number of unbranched alkanes of at least 4 members (excludes halogenated alkanes) is 1. The molecule has 0 radical (unpaired) electrons. The summed E-state index contributed by atoms with van der Waals surface area (Å²) >= 11 is 0. The van der Waals surface area contributed by atoms with Crippen LogP contribution in [0, 0.1) is 0 Å². The molecule has 0 saturated carbocycles. The Hall–Kier alpha value is -3.49. The molecule has 1 aromatic heterocycles. The maximum atomic E-state index is 12.2. The van der Waals surface area contributed by atoms with Crippen molar-refractivity contribution in [2.75, 3.05) is 13.7 Å². The Labute approximate surface area is 162 Å². The third-order valence-electron chi connectivity index (χ3n) is 3.68. The first-order chi connectivity index (χ1) is 13.5. The summed E-state index contributed by atoms with van der Waals surface area (Å²) in [4.78, 5) is 35.6. The van der Waals surface area contributed by atoms with Gasteiger partial charge in [0.15, 0.2) is 11.5 Å². The Balaban J connectivity index is 1.85. The quantitative estimate of drug-likeness (QED) is 0.358. The van der Waals surface area contributed by atoms with Crippen LogP contribution in [0.15, 0.2) is 41.0 Å². The molecule has 0 spiro atoms. The van der Waals surface area contributed by atoms with Crippen LogP contribution < -0.4 is 25.6 Å². The van der Waals surface area contributed by atoms with Gasteiger partial charge in [0, 0.05) is 5.56 Å². The molecule has 28 heavy (non-hydrogen) atoms. The molecule has 0 fully saturated rings. The maximum absolute atomic E-state index is 12.2. The average molecular weight is 389 g/mol. The van der Waals surface area contributed by atoms with Crippen LogP contribution in [0.5, 0.6) is 11.5 Å². The molecule has 0 unspecified atom stereocenters. The highest BCUT2D eigenvalue weighted by Crippen LogP contribution is 2.28. The van der Waals surface area contributed by atoms with E-state index in [0.717, 1.165) is 12.8 Å². The van der Waals surface area contributed by atoms with Crippen molar-refractivity contribution in [2.45, 2.75) is 26.3 Å². The number of amides is 3. The number of methoxy groups -OCH3 is 1. The number of ether oxygens (including phenoxy) is 2. The van der Waals surface area contributed by atoms with Gasteiger partial charge in [-0.2, -0.15) is 0 Å². The second-order valence-corrected chi connectivity index (χ2v) is 5.74. The molecule has 3 N–H and O–H groups in total. The van der Waals surface area contributed by atoms with Gasteiger partial charge in [0.05, 0.1) is 26.5 Å². The van der Waals surface area contributed by atoms with E-state index in [2.05, 4.69) is 23.1 Å². The van der Waals surface area contributed by atoms with Crippen molar-refractivity contribution in [2.24, 2.45) is 0 Å². The molecule has 1 aromatic carbocycles. The van der Waals surface area contributed by atoms with Crippen molar-refractivity contribution in [3.63, 3.8) is 0 Å². The number of hydrogen-bond donors (Lipinski definition) is 3. The van der Waals surface area contributed by atoms with E-state index in [0.29, 0.717) is 23.9 Å². The predicted molar refractivity (Wildman–Crippen MR) is 99.6 cm³/mol. The van der Waals surface area contributed by atoms with E-state index in [4.69, 9.17) is 13.9 Å². The van der Waals surface area contributed by atoms with Crippen LogP contribution in [0.2, 0.25) is 0 Å². The largest absolute Gasteiger partial charge is 0.493 e. The minimum Gasteiger partial charge on any atom is -0.493 e. The van der Waals surface area contributed by atoms with Crippen molar-refractivity contribution in [3.05, 3.63) is 47.9 Å². The Morgan fingerprint density at radius 1 is 1.07 bits per heavy atom. The van der Waals surface area contributed by atoms with Crippen LogP contribution in [0.25, 0.3) is 0 Å². The Bertz CT molecular complexity index is 804. The summed E-state index contributed by atoms with van der Waals surface area (Å²) < 4.78 is 15.9. The summed E-state index contributed by atoms with van der Waals surface area (Å²) in [7, 11) is 1.47. The second kappa shape index (κ2) is 10.6. The minimum atomic E-state index is -1.01. The number of hydrogen-bond acceptors (Lipinski definition) is 6. The lowest BCUT2D eigenvalue weighted by Crippen LogP contribution is -2.48. The first-order valence-electron chi connectivity index (χ1n) is 8.76. The number of furan rings is 1. The number of nitrogens with one attached hydrogen (secondary N) is 3. The molecule has 0 bridgehead atoms. The molecule has 2 rings (SSSR count). The highest BCUT2D eigenvalue weighted by molar-refractivity contribution is 6.35. The normalized spacial score (nSPS) is 10.1. The summed E-state index contributed by atoms with van der Waals surface area (Å²) in [5, 5.41) is 2.37. The van der Waals surface area contributed by atoms with Gasteiger partial charge in [-0.1, -0.05) is 13.3 Å². The third-order valence-corrected chi connectivity index (χ3v) is 3.68. The summed E-state index contributed by atoms with van der Waals surface area (Å²) in [6, 6.07) is 7.95. The topological polar surface area (TPSA) is 119 Å². The monoisotopic (exact) mass is 389 g/mol. The SMILES string of the molecule is CCCCOc1ccc(C(=O)NNC(=O)C(=O)NCc2ccco2)cc1OC. The summed E-state index contributed by atoms with van der Waals surface area (Å²) in [6.45, 7) is 2.66. The highest BCUT2D eigenvalue weighted by Gasteiger charge is 2.16. The molecule has 0 atom stereocenters. The van der Waals surface area contributed by atoms with Gasteiger partial charge in [0.2, 0.25) is 0 Å². The van der Waals surface area contributed by atoms with Crippen LogP contribution in [0.1, 0.15) is 35.9 Å². The molecule has 0 aliphatic heterocycles. The zero-order valence-corrected chi connectivity index (χ0v) is 15.7. The van der Waals surface area contributed by atoms with Crippen LogP contribution in [0.4, 0.5) is 0 Å². The summed E-state index contributed by atoms with van der Waals surface area (Å²) in [5.74, 6) is -1.11. The van der Waals surface area contributed by atoms with Gasteiger partial charge in [-0.25, -0.2) is 0 Å². The molecule has 2 aromatic rings. The van der Waals surface area contributed by atoms with Crippen molar-refractivity contribution in [1.82, 2.24) is 16.2 Å². The van der Waals surface area contributed by atoms with Crippen LogP contribution in [0.3, 0.4) is 0 Å². The van der Waals surface area contributed by atoms with E-state index in [1.807, 2.05) is 0 Å². The van der Waals surface area contributed by atoms with Gasteiger partial charge >= 0.3 is 11.8 Å². The number of hydrazine groups is 1. The van der Waals surface area contributed by atoms with Crippen molar-refractivity contribution in [1.29, 1.82) is 0 Å². The van der Waals surface area contributed by atoms with E-state index in [9.17, 15) is 14.4 Å². The van der Waals surface area contributed by atoms with Gasteiger partial charge in [-0.15, -0.1) is 0 Å². The molecular weight excluding hydrogens is 366 g/mol. The third kappa shape index (κ3) is 6.04. The van der Waals surface area contributed by atoms with Gasteiger partial charge in [-0.05, 0) is 36.8 Å². The van der Waals surface area contributed by atoms with Crippen LogP contribution in [-0.2, 0) is 16.1 Å². The zero-order valence-electron chi connectivity index (χ0n) is 15.7. The summed E-state index contributed by atoms with van der Waals surface area (Å²) in [5.41, 5.74) is 4.46. The molecule has 0 aliphatic carbocycles. The standard InChI is InChI=1S/C19H23N3O6/c1-3-4-9-28-15-8-7-13(11-16(15)26-2)17(23)21-22-19(25)18(24)20-12-14-6-5-10-27-14/h5-8,10-11H,3-4,9,12H2,1-2H3,(H,20,24)(H,21,23)(H,22,25). The van der Waals surface area contributed by atoms with E-state index >= 15 is 0 Å². The van der Waals surface area contributed by atoms with Crippen molar-refractivity contribution < 1.29 is 28.3 Å². The molecule has 0 saturated heterocycles. The first kappa shape index (κ1) is 20.8. The van der Waals surface area contributed by atoms with E-state index in [-0.39, 0.29) is 12.1 Å². The van der Waals surface area contributed by atoms with Crippen LogP contribution >= 0.6 is 0 Å². The lowest BCUT2D eigenvalue weighted by molar-refractivity contribution is -0.139. The van der Waals surface area contributed by atoms with Crippen LogP contribution in [-0.4, -0.2) is 31.4 Å². The fraction of sp³-hybridized carbons (Fsp3) is 0.316. The molecule has 1 heterocycles. The molecule has 9 nitrogen and oxygen atoms in total. The summed E-state index contributed by atoms with van der Waals surface area (Å²) in [6.07, 6.45) is 3.35. The minimum absolute atomic E-state index is 0.0594. The molecule has 9 heteroatoms. The molecule has 0 aliphatic rings. The van der Waals surface area contributed by atoms with Gasteiger partial charge < -0.3 is 19.2 Å². The fourth-order valence-corrected chi connectivity index (χ4v) is 2.16. The lowest BCUT2D eigenvalue weighted by Gasteiger charge is -2.12. The van der Waals surface area contributed by atoms with Crippen molar-refractivity contribution >= 4 is 17.7 Å². The highest BCUT2D eigenvalue weighted by atomic mass is 16.5. The Morgan fingerprint density at radius 2 is 1.89 bits per heavy atom. The number of carbonyl (C=O) groups excluding carboxylic acids is 3. The van der Waals surface area contributed by atoms with Crippen molar-refractivity contribution in [3.8, 4) is 11.5 Å². The molecule has 150 valence electrons. The van der Waals surface area contributed by atoms with Gasteiger partial charge in [0.1, 0.15) is 5.76 Å². The van der Waals surface area contributed by atoms with E-state index in [1.54, 1.807) is 18.2 Å². The fourth-order valence-electron chi connectivity index (χ4n) is 2.16. The molecular formula is C19H23N3O6.